The standard InChI is InChI=1S/C17H11Cl2NO3/c18-13-7-4-8-14(19)16(13)17(21)22-10-12-9-15(23-20-12)11-5-2-1-3-6-11/h1-9H,10H2. The minimum Gasteiger partial charge on any atom is -0.455 e. The molecule has 0 bridgehead atoms. The van der Waals surface area contributed by atoms with Gasteiger partial charge >= 0.3 is 5.97 Å². The lowest BCUT2D eigenvalue weighted by molar-refractivity contribution is 0.0464. The van der Waals surface area contributed by atoms with Gasteiger partial charge in [0, 0.05) is 11.6 Å². The molecule has 3 rings (SSSR count). The number of nitrogens with zero attached hydrogens (tertiary/aromatic N) is 1. The van der Waals surface area contributed by atoms with Gasteiger partial charge in [0.15, 0.2) is 5.76 Å². The molecule has 23 heavy (non-hydrogen) atoms. The molecule has 0 amide bonds. The van der Waals surface area contributed by atoms with Gasteiger partial charge in [0.05, 0.1) is 15.6 Å². The molecule has 0 saturated heterocycles. The van der Waals surface area contributed by atoms with Gasteiger partial charge in [0.1, 0.15) is 12.3 Å². The van der Waals surface area contributed by atoms with Gasteiger partial charge in [-0.3, -0.25) is 0 Å². The highest BCUT2D eigenvalue weighted by Crippen LogP contribution is 2.25. The summed E-state index contributed by atoms with van der Waals surface area (Å²) in [5.41, 5.74) is 1.54. The number of hydrogen-bond donors (Lipinski definition) is 0. The van der Waals surface area contributed by atoms with Gasteiger partial charge in [-0.05, 0) is 12.1 Å². The van der Waals surface area contributed by atoms with E-state index in [4.69, 9.17) is 32.5 Å². The maximum absolute atomic E-state index is 12.1. The first kappa shape index (κ1) is 15.6. The van der Waals surface area contributed by atoms with Crippen LogP contribution in [0.1, 0.15) is 16.1 Å². The van der Waals surface area contributed by atoms with Crippen molar-refractivity contribution in [2.75, 3.05) is 0 Å². The van der Waals surface area contributed by atoms with E-state index in [0.29, 0.717) is 11.5 Å². The van der Waals surface area contributed by atoms with Crippen molar-refractivity contribution < 1.29 is 14.1 Å². The van der Waals surface area contributed by atoms with E-state index < -0.39 is 5.97 Å². The minimum absolute atomic E-state index is 0.0310. The summed E-state index contributed by atoms with van der Waals surface area (Å²) in [5, 5.41) is 4.37. The predicted octanol–water partition coefficient (Wildman–Crippen LogP) is 5.01. The molecule has 0 atom stereocenters. The second-order valence-electron chi connectivity index (χ2n) is 4.72. The zero-order valence-electron chi connectivity index (χ0n) is 11.8. The van der Waals surface area contributed by atoms with Gasteiger partial charge in [-0.2, -0.15) is 0 Å². The van der Waals surface area contributed by atoms with E-state index in [0.717, 1.165) is 5.56 Å². The van der Waals surface area contributed by atoms with Crippen LogP contribution < -0.4 is 0 Å². The number of rotatable bonds is 4. The Kier molecular flexibility index (Phi) is 4.65. The number of carbonyl (C=O) groups excluding carboxylic acids is 1. The first-order chi connectivity index (χ1) is 11.1. The van der Waals surface area contributed by atoms with Gasteiger partial charge in [-0.25, -0.2) is 4.79 Å². The smallest absolute Gasteiger partial charge is 0.341 e. The fourth-order valence-corrected chi connectivity index (χ4v) is 2.57. The summed E-state index contributed by atoms with van der Waals surface area (Å²) in [6.07, 6.45) is 0. The molecule has 0 aliphatic heterocycles. The van der Waals surface area contributed by atoms with Crippen molar-refractivity contribution in [3.8, 4) is 11.3 Å². The van der Waals surface area contributed by atoms with Gasteiger partial charge in [0.25, 0.3) is 0 Å². The molecular formula is C17H11Cl2NO3. The molecule has 0 N–H and O–H groups in total. The summed E-state index contributed by atoms with van der Waals surface area (Å²) in [7, 11) is 0. The number of aromatic nitrogens is 1. The molecular weight excluding hydrogens is 337 g/mol. The number of ether oxygens (including phenoxy) is 1. The number of carbonyl (C=O) groups is 1. The third-order valence-corrected chi connectivity index (χ3v) is 3.77. The minimum atomic E-state index is -0.607. The summed E-state index contributed by atoms with van der Waals surface area (Å²) >= 11 is 11.9. The van der Waals surface area contributed by atoms with Crippen LogP contribution in [0.3, 0.4) is 0 Å². The summed E-state index contributed by atoms with van der Waals surface area (Å²) in [4.78, 5) is 12.1. The molecule has 1 aromatic heterocycles. The molecule has 0 spiro atoms. The summed E-state index contributed by atoms with van der Waals surface area (Å²) in [5.74, 6) is -0.00251. The lowest BCUT2D eigenvalue weighted by atomic mass is 10.2. The highest BCUT2D eigenvalue weighted by molar-refractivity contribution is 6.39. The number of hydrogen-bond acceptors (Lipinski definition) is 4. The van der Waals surface area contributed by atoms with E-state index in [-0.39, 0.29) is 22.2 Å². The van der Waals surface area contributed by atoms with Crippen molar-refractivity contribution in [3.63, 3.8) is 0 Å². The van der Waals surface area contributed by atoms with Crippen LogP contribution in [0.25, 0.3) is 11.3 Å². The highest BCUT2D eigenvalue weighted by Gasteiger charge is 2.17. The molecule has 0 saturated carbocycles. The first-order valence-corrected chi connectivity index (χ1v) is 7.53. The molecule has 1 heterocycles. The van der Waals surface area contributed by atoms with Crippen LogP contribution in [0.2, 0.25) is 10.0 Å². The SMILES string of the molecule is O=C(OCc1cc(-c2ccccc2)on1)c1c(Cl)cccc1Cl. The first-order valence-electron chi connectivity index (χ1n) is 6.77. The molecule has 3 aromatic rings. The van der Waals surface area contributed by atoms with Crippen molar-refractivity contribution in [1.29, 1.82) is 0 Å². The third kappa shape index (κ3) is 3.55. The van der Waals surface area contributed by atoms with Crippen LogP contribution in [0.5, 0.6) is 0 Å². The predicted molar refractivity (Wildman–Crippen MR) is 87.5 cm³/mol. The number of benzene rings is 2. The molecule has 0 aliphatic carbocycles. The van der Waals surface area contributed by atoms with E-state index in [2.05, 4.69) is 5.16 Å². The normalized spacial score (nSPS) is 10.5. The van der Waals surface area contributed by atoms with Crippen molar-refractivity contribution in [3.05, 3.63) is 75.9 Å². The van der Waals surface area contributed by atoms with Gasteiger partial charge < -0.3 is 9.26 Å². The lowest BCUT2D eigenvalue weighted by Gasteiger charge is -2.06. The molecule has 0 radical (unpaired) electrons. The number of esters is 1. The molecule has 0 unspecified atom stereocenters. The van der Waals surface area contributed by atoms with Crippen LogP contribution in [-0.4, -0.2) is 11.1 Å². The van der Waals surface area contributed by atoms with Crippen molar-refractivity contribution in [2.24, 2.45) is 0 Å². The van der Waals surface area contributed by atoms with Crippen molar-refractivity contribution in [1.82, 2.24) is 5.16 Å². The monoisotopic (exact) mass is 347 g/mol. The molecule has 2 aromatic carbocycles. The average Bonchev–Trinajstić information content (AvgIpc) is 3.02. The van der Waals surface area contributed by atoms with Crippen LogP contribution in [-0.2, 0) is 11.3 Å². The zero-order chi connectivity index (χ0) is 16.2. The van der Waals surface area contributed by atoms with E-state index in [1.54, 1.807) is 24.3 Å². The summed E-state index contributed by atoms with van der Waals surface area (Å²) in [6, 6.07) is 16.0. The fraction of sp³-hybridized carbons (Fsp3) is 0.0588. The second-order valence-corrected chi connectivity index (χ2v) is 5.54. The Morgan fingerprint density at radius 1 is 1.04 bits per heavy atom. The Hall–Kier alpha value is -2.30. The average molecular weight is 348 g/mol. The Morgan fingerprint density at radius 2 is 1.74 bits per heavy atom. The van der Waals surface area contributed by atoms with Crippen LogP contribution in [0.4, 0.5) is 0 Å². The maximum atomic E-state index is 12.1. The zero-order valence-corrected chi connectivity index (χ0v) is 13.3. The Labute approximate surface area is 142 Å². The summed E-state index contributed by atoms with van der Waals surface area (Å²) < 4.78 is 10.4. The van der Waals surface area contributed by atoms with E-state index in [1.807, 2.05) is 30.3 Å². The van der Waals surface area contributed by atoms with Gasteiger partial charge in [-0.15, -0.1) is 0 Å². The molecule has 6 heteroatoms. The van der Waals surface area contributed by atoms with Crippen molar-refractivity contribution >= 4 is 29.2 Å². The van der Waals surface area contributed by atoms with Crippen molar-refractivity contribution in [2.45, 2.75) is 6.61 Å². The summed E-state index contributed by atoms with van der Waals surface area (Å²) in [6.45, 7) is -0.0310. The number of halogens is 2. The van der Waals surface area contributed by atoms with Crippen LogP contribution in [0, 0.1) is 0 Å². The van der Waals surface area contributed by atoms with E-state index >= 15 is 0 Å². The Balaban J connectivity index is 1.70. The van der Waals surface area contributed by atoms with E-state index in [1.165, 1.54) is 0 Å². The highest BCUT2D eigenvalue weighted by atomic mass is 35.5. The molecule has 116 valence electrons. The maximum Gasteiger partial charge on any atom is 0.341 e. The van der Waals surface area contributed by atoms with Gasteiger partial charge in [-0.1, -0.05) is 64.8 Å². The Morgan fingerprint density at radius 3 is 2.43 bits per heavy atom. The van der Waals surface area contributed by atoms with Gasteiger partial charge in [0.2, 0.25) is 0 Å². The molecule has 0 aliphatic rings. The molecule has 0 fully saturated rings. The lowest BCUT2D eigenvalue weighted by Crippen LogP contribution is -2.06. The van der Waals surface area contributed by atoms with Crippen LogP contribution >= 0.6 is 23.2 Å². The Bertz CT molecular complexity index is 811. The molecule has 4 nitrogen and oxygen atoms in total. The largest absolute Gasteiger partial charge is 0.455 e. The quantitative estimate of drug-likeness (QED) is 0.622. The third-order valence-electron chi connectivity index (χ3n) is 3.14. The van der Waals surface area contributed by atoms with E-state index in [9.17, 15) is 4.79 Å². The topological polar surface area (TPSA) is 52.3 Å². The van der Waals surface area contributed by atoms with Crippen LogP contribution in [0.15, 0.2) is 59.1 Å². The fourth-order valence-electron chi connectivity index (χ4n) is 2.02. The second kappa shape index (κ2) is 6.86.